The highest BCUT2D eigenvalue weighted by Gasteiger charge is 2.28. The molecule has 2 aliphatic heterocycles. The molecule has 1 saturated heterocycles. The number of rotatable bonds is 13. The van der Waals surface area contributed by atoms with E-state index in [1.807, 2.05) is 23.5 Å². The Morgan fingerprint density at radius 3 is 2.63 bits per heavy atom. The number of carbonyl (C=O) groups is 1. The SMILES string of the molecule is CCCCCCC(=O)OC(C)C1CCN(CCCN2c3cc(OC)ccc3Sc3c(SC)cccc32)CC1. The Labute approximate surface area is 238 Å². The molecule has 0 aromatic heterocycles. The summed E-state index contributed by atoms with van der Waals surface area (Å²) in [5.41, 5.74) is 2.54. The van der Waals surface area contributed by atoms with E-state index in [1.54, 1.807) is 7.11 Å². The van der Waals surface area contributed by atoms with Gasteiger partial charge in [0.2, 0.25) is 0 Å². The smallest absolute Gasteiger partial charge is 0.306 e. The van der Waals surface area contributed by atoms with E-state index in [1.165, 1.54) is 38.9 Å². The minimum atomic E-state index is -0.0162. The maximum absolute atomic E-state index is 12.2. The fraction of sp³-hybridized carbons (Fsp3) is 0.581. The van der Waals surface area contributed by atoms with Crippen molar-refractivity contribution in [2.24, 2.45) is 5.92 Å². The summed E-state index contributed by atoms with van der Waals surface area (Å²) in [6.07, 6.45) is 10.5. The van der Waals surface area contributed by atoms with Gasteiger partial charge in [-0.05, 0) is 88.7 Å². The Bertz CT molecular complexity index is 1050. The Kier molecular flexibility index (Phi) is 11.1. The second kappa shape index (κ2) is 14.5. The summed E-state index contributed by atoms with van der Waals surface area (Å²) in [6.45, 7) is 8.49. The molecule has 2 aromatic carbocycles. The molecule has 1 fully saturated rings. The first-order chi connectivity index (χ1) is 18.5. The number of ether oxygens (including phenoxy) is 2. The van der Waals surface area contributed by atoms with Gasteiger partial charge in [0.15, 0.2) is 0 Å². The average molecular weight is 557 g/mol. The van der Waals surface area contributed by atoms with Gasteiger partial charge in [0, 0.05) is 33.7 Å². The Morgan fingerprint density at radius 2 is 1.89 bits per heavy atom. The molecule has 0 N–H and O–H groups in total. The maximum atomic E-state index is 12.2. The first-order valence-electron chi connectivity index (χ1n) is 14.3. The van der Waals surface area contributed by atoms with Gasteiger partial charge in [0.25, 0.3) is 0 Å². The summed E-state index contributed by atoms with van der Waals surface area (Å²) in [6, 6.07) is 13.1. The van der Waals surface area contributed by atoms with Crippen LogP contribution in [0.15, 0.2) is 51.1 Å². The van der Waals surface area contributed by atoms with E-state index >= 15 is 0 Å². The number of piperidine rings is 1. The lowest BCUT2D eigenvalue weighted by atomic mass is 9.92. The summed E-state index contributed by atoms with van der Waals surface area (Å²) < 4.78 is 11.4. The summed E-state index contributed by atoms with van der Waals surface area (Å²) in [5, 5.41) is 0. The van der Waals surface area contributed by atoms with Crippen molar-refractivity contribution >= 4 is 40.9 Å². The van der Waals surface area contributed by atoms with Crippen LogP contribution in [0.2, 0.25) is 0 Å². The number of hydrogen-bond donors (Lipinski definition) is 0. The zero-order valence-electron chi connectivity index (χ0n) is 23.5. The molecule has 2 aromatic rings. The fourth-order valence-corrected chi connectivity index (χ4v) is 7.50. The minimum Gasteiger partial charge on any atom is -0.497 e. The molecule has 2 aliphatic rings. The number of hydrogen-bond acceptors (Lipinski definition) is 7. The summed E-state index contributed by atoms with van der Waals surface area (Å²) >= 11 is 3.68. The molecule has 0 saturated carbocycles. The zero-order valence-corrected chi connectivity index (χ0v) is 25.2. The minimum absolute atomic E-state index is 0.0162. The normalized spacial score (nSPS) is 16.6. The van der Waals surface area contributed by atoms with Crippen molar-refractivity contribution in [2.45, 2.75) is 86.0 Å². The second-order valence-electron chi connectivity index (χ2n) is 10.4. The zero-order chi connectivity index (χ0) is 26.9. The molecule has 0 amide bonds. The summed E-state index contributed by atoms with van der Waals surface area (Å²) in [4.78, 5) is 21.3. The number of esters is 1. The molecule has 0 spiro atoms. The molecule has 0 aliphatic carbocycles. The quantitative estimate of drug-likeness (QED) is 0.141. The molecular formula is C31H44N2O3S2. The van der Waals surface area contributed by atoms with Crippen LogP contribution >= 0.6 is 23.5 Å². The number of thioether (sulfide) groups is 1. The molecule has 38 heavy (non-hydrogen) atoms. The predicted molar refractivity (Wildman–Crippen MR) is 160 cm³/mol. The van der Waals surface area contributed by atoms with Gasteiger partial charge in [-0.25, -0.2) is 0 Å². The van der Waals surface area contributed by atoms with Crippen molar-refractivity contribution < 1.29 is 14.3 Å². The van der Waals surface area contributed by atoms with E-state index in [-0.39, 0.29) is 12.1 Å². The van der Waals surface area contributed by atoms with E-state index < -0.39 is 0 Å². The molecule has 7 heteroatoms. The number of likely N-dealkylation sites (tertiary alicyclic amines) is 1. The highest BCUT2D eigenvalue weighted by atomic mass is 32.2. The van der Waals surface area contributed by atoms with Crippen LogP contribution < -0.4 is 9.64 Å². The van der Waals surface area contributed by atoms with E-state index in [0.29, 0.717) is 12.3 Å². The monoisotopic (exact) mass is 556 g/mol. The lowest BCUT2D eigenvalue weighted by Crippen LogP contribution is -2.39. The number of anilines is 2. The number of nitrogens with zero attached hydrogens (tertiary/aromatic N) is 2. The standard InChI is InChI=1S/C31H44N2O3S2/c1-5-6-7-8-13-30(34)36-23(2)24-16-20-32(21-17-24)18-10-19-33-26-11-9-12-29(37-4)31(26)38-28-15-14-25(35-3)22-27(28)33/h9,11-12,14-15,22-24H,5-8,10,13,16-21H2,1-4H3. The Morgan fingerprint density at radius 1 is 1.08 bits per heavy atom. The van der Waals surface area contributed by atoms with Crippen molar-refractivity contribution in [3.8, 4) is 5.75 Å². The van der Waals surface area contributed by atoms with Crippen LogP contribution in [-0.4, -0.2) is 56.5 Å². The number of methoxy groups -OCH3 is 1. The Balaban J connectivity index is 1.29. The van der Waals surface area contributed by atoms with Crippen molar-refractivity contribution in [1.82, 2.24) is 4.90 Å². The van der Waals surface area contributed by atoms with E-state index in [4.69, 9.17) is 9.47 Å². The number of unbranched alkanes of at least 4 members (excludes halogenated alkanes) is 3. The van der Waals surface area contributed by atoms with Gasteiger partial charge in [-0.3, -0.25) is 4.79 Å². The van der Waals surface area contributed by atoms with Crippen molar-refractivity contribution in [1.29, 1.82) is 0 Å². The molecule has 0 radical (unpaired) electrons. The molecular weight excluding hydrogens is 512 g/mol. The number of fused-ring (bicyclic) bond motifs is 2. The largest absolute Gasteiger partial charge is 0.497 e. The molecule has 1 atom stereocenters. The number of carbonyl (C=O) groups excluding carboxylic acids is 1. The van der Waals surface area contributed by atoms with Gasteiger partial charge in [-0.1, -0.05) is 44.0 Å². The first-order valence-corrected chi connectivity index (χ1v) is 16.3. The highest BCUT2D eigenvalue weighted by Crippen LogP contribution is 2.52. The summed E-state index contributed by atoms with van der Waals surface area (Å²) in [5.74, 6) is 1.36. The lowest BCUT2D eigenvalue weighted by molar-refractivity contribution is -0.151. The van der Waals surface area contributed by atoms with Gasteiger partial charge in [0.1, 0.15) is 11.9 Å². The van der Waals surface area contributed by atoms with Crippen LogP contribution in [0, 0.1) is 5.92 Å². The molecule has 0 bridgehead atoms. The van der Waals surface area contributed by atoms with Crippen LogP contribution in [0.1, 0.15) is 65.2 Å². The first kappa shape index (κ1) is 29.2. The van der Waals surface area contributed by atoms with E-state index in [9.17, 15) is 4.79 Å². The molecule has 5 nitrogen and oxygen atoms in total. The van der Waals surface area contributed by atoms with Gasteiger partial charge in [-0.2, -0.15) is 0 Å². The predicted octanol–water partition coefficient (Wildman–Crippen LogP) is 8.02. The van der Waals surface area contributed by atoms with Crippen LogP contribution in [0.5, 0.6) is 5.75 Å². The number of benzene rings is 2. The van der Waals surface area contributed by atoms with Crippen LogP contribution in [0.3, 0.4) is 0 Å². The highest BCUT2D eigenvalue weighted by molar-refractivity contribution is 8.02. The third-order valence-electron chi connectivity index (χ3n) is 7.84. The third-order valence-corrected chi connectivity index (χ3v) is 9.95. The summed E-state index contributed by atoms with van der Waals surface area (Å²) in [7, 11) is 1.74. The van der Waals surface area contributed by atoms with Crippen LogP contribution in [-0.2, 0) is 9.53 Å². The molecule has 4 rings (SSSR count). The van der Waals surface area contributed by atoms with Gasteiger partial charge < -0.3 is 19.3 Å². The van der Waals surface area contributed by atoms with Gasteiger partial charge in [-0.15, -0.1) is 11.8 Å². The second-order valence-corrected chi connectivity index (χ2v) is 12.3. The van der Waals surface area contributed by atoms with Crippen LogP contribution in [0.25, 0.3) is 0 Å². The third kappa shape index (κ3) is 7.42. The molecule has 1 unspecified atom stereocenters. The molecule has 2 heterocycles. The molecule has 208 valence electrons. The Hall–Kier alpha value is -1.83. The van der Waals surface area contributed by atoms with E-state index in [0.717, 1.165) is 64.0 Å². The van der Waals surface area contributed by atoms with Crippen LogP contribution in [0.4, 0.5) is 11.4 Å². The van der Waals surface area contributed by atoms with Gasteiger partial charge in [0.05, 0.1) is 18.5 Å². The van der Waals surface area contributed by atoms with Crippen molar-refractivity contribution in [2.75, 3.05) is 44.4 Å². The van der Waals surface area contributed by atoms with Gasteiger partial charge >= 0.3 is 5.97 Å². The maximum Gasteiger partial charge on any atom is 0.306 e. The average Bonchev–Trinajstić information content (AvgIpc) is 2.94. The fourth-order valence-electron chi connectivity index (χ4n) is 5.54. The van der Waals surface area contributed by atoms with Crippen molar-refractivity contribution in [3.63, 3.8) is 0 Å². The lowest BCUT2D eigenvalue weighted by Gasteiger charge is -2.36. The topological polar surface area (TPSA) is 42.0 Å². The van der Waals surface area contributed by atoms with Crippen molar-refractivity contribution in [3.05, 3.63) is 36.4 Å². The van der Waals surface area contributed by atoms with E-state index in [2.05, 4.69) is 66.3 Å².